The first kappa shape index (κ1) is 17.5. The van der Waals surface area contributed by atoms with Crippen LogP contribution in [0.5, 0.6) is 0 Å². The summed E-state index contributed by atoms with van der Waals surface area (Å²) in [5, 5.41) is 0.739. The molecule has 0 N–H and O–H groups in total. The van der Waals surface area contributed by atoms with E-state index in [1.807, 2.05) is 24.3 Å². The smallest absolute Gasteiger partial charge is 0.137 e. The van der Waals surface area contributed by atoms with Crippen molar-refractivity contribution in [2.75, 3.05) is 13.1 Å². The molecule has 0 atom stereocenters. The van der Waals surface area contributed by atoms with Crippen LogP contribution in [0.2, 0.25) is 5.02 Å². The molecule has 1 aliphatic rings. The summed E-state index contributed by atoms with van der Waals surface area (Å²) in [5.41, 5.74) is 6.81. The highest BCUT2D eigenvalue weighted by Gasteiger charge is 2.12. The highest BCUT2D eigenvalue weighted by atomic mass is 35.5. The number of likely N-dealkylation sites (tertiary alicyclic amines) is 1. The molecule has 0 radical (unpaired) electrons. The Morgan fingerprint density at radius 1 is 0.821 bits per heavy atom. The first-order valence-corrected chi connectivity index (χ1v) is 10.2. The Bertz CT molecular complexity index is 1110. The van der Waals surface area contributed by atoms with Crippen molar-refractivity contribution in [3.05, 3.63) is 83.6 Å². The first-order chi connectivity index (χ1) is 13.7. The van der Waals surface area contributed by atoms with Gasteiger partial charge in [0.15, 0.2) is 0 Å². The second-order valence-electron chi connectivity index (χ2n) is 7.50. The van der Waals surface area contributed by atoms with Crippen LogP contribution in [-0.4, -0.2) is 27.4 Å². The summed E-state index contributed by atoms with van der Waals surface area (Å²) >= 11 is 6.00. The van der Waals surface area contributed by atoms with Crippen LogP contribution in [0.4, 0.5) is 0 Å². The summed E-state index contributed by atoms with van der Waals surface area (Å²) in [6.45, 7) is 3.49. The Hall–Kier alpha value is -2.62. The van der Waals surface area contributed by atoms with E-state index in [-0.39, 0.29) is 0 Å². The Morgan fingerprint density at radius 3 is 2.43 bits per heavy atom. The predicted octanol–water partition coefficient (Wildman–Crippen LogP) is 5.92. The van der Waals surface area contributed by atoms with Crippen molar-refractivity contribution in [3.63, 3.8) is 0 Å². The molecule has 0 saturated carbocycles. The number of aromatic nitrogens is 2. The van der Waals surface area contributed by atoms with Gasteiger partial charge in [0.1, 0.15) is 5.65 Å². The van der Waals surface area contributed by atoms with Gasteiger partial charge in [-0.25, -0.2) is 4.98 Å². The molecule has 0 aliphatic carbocycles. The van der Waals surface area contributed by atoms with E-state index in [1.54, 1.807) is 0 Å². The molecule has 1 fully saturated rings. The topological polar surface area (TPSA) is 20.5 Å². The van der Waals surface area contributed by atoms with Crippen LogP contribution >= 0.6 is 11.6 Å². The lowest BCUT2D eigenvalue weighted by Crippen LogP contribution is -2.18. The third-order valence-electron chi connectivity index (χ3n) is 5.46. The summed E-state index contributed by atoms with van der Waals surface area (Å²) in [6, 6.07) is 21.0. The van der Waals surface area contributed by atoms with E-state index in [2.05, 4.69) is 58.1 Å². The van der Waals surface area contributed by atoms with E-state index in [0.29, 0.717) is 0 Å². The number of halogens is 1. The van der Waals surface area contributed by atoms with E-state index in [0.717, 1.165) is 28.5 Å². The number of imidazole rings is 1. The highest BCUT2D eigenvalue weighted by Crippen LogP contribution is 2.25. The average molecular weight is 388 g/mol. The van der Waals surface area contributed by atoms with Crippen molar-refractivity contribution in [1.29, 1.82) is 0 Å². The number of nitrogens with zero attached hydrogens (tertiary/aromatic N) is 3. The van der Waals surface area contributed by atoms with E-state index in [9.17, 15) is 0 Å². The lowest BCUT2D eigenvalue weighted by atomic mass is 10.0. The van der Waals surface area contributed by atoms with Gasteiger partial charge in [-0.3, -0.25) is 4.90 Å². The van der Waals surface area contributed by atoms with Gasteiger partial charge < -0.3 is 4.40 Å². The van der Waals surface area contributed by atoms with Gasteiger partial charge in [0.2, 0.25) is 0 Å². The fourth-order valence-electron chi connectivity index (χ4n) is 3.97. The van der Waals surface area contributed by atoms with E-state index >= 15 is 0 Å². The minimum absolute atomic E-state index is 0.739. The summed E-state index contributed by atoms with van der Waals surface area (Å²) in [4.78, 5) is 7.28. The standard InChI is InChI=1S/C24H22ClN3/c25-22-9-6-19(7-10-22)23-17-28-16-21(8-11-24(28)26-23)20-5-3-4-18(14-20)15-27-12-1-2-13-27/h3-11,14,16-17H,1-2,12-13,15H2. The average Bonchev–Trinajstić information content (AvgIpc) is 3.37. The molecule has 1 saturated heterocycles. The van der Waals surface area contributed by atoms with E-state index in [1.165, 1.54) is 42.6 Å². The number of hydrogen-bond acceptors (Lipinski definition) is 2. The van der Waals surface area contributed by atoms with Gasteiger partial charge in [-0.1, -0.05) is 41.9 Å². The van der Waals surface area contributed by atoms with Gasteiger partial charge in [-0.15, -0.1) is 0 Å². The summed E-state index contributed by atoms with van der Waals surface area (Å²) in [5.74, 6) is 0. The highest BCUT2D eigenvalue weighted by molar-refractivity contribution is 6.30. The molecule has 0 amide bonds. The molecule has 2 aromatic carbocycles. The fraction of sp³-hybridized carbons (Fsp3) is 0.208. The molecule has 4 aromatic rings. The molecular formula is C24H22ClN3. The molecule has 28 heavy (non-hydrogen) atoms. The normalized spacial score (nSPS) is 14.8. The zero-order valence-electron chi connectivity index (χ0n) is 15.7. The maximum atomic E-state index is 6.00. The van der Waals surface area contributed by atoms with Gasteiger partial charge in [-0.05, 0) is 73.0 Å². The van der Waals surface area contributed by atoms with Gasteiger partial charge in [0.05, 0.1) is 5.69 Å². The molecule has 3 nitrogen and oxygen atoms in total. The SMILES string of the molecule is Clc1ccc(-c2cn3cc(-c4cccc(CN5CCCC5)c4)ccc3n2)cc1. The van der Waals surface area contributed by atoms with Crippen molar-refractivity contribution < 1.29 is 0 Å². The number of hydrogen-bond donors (Lipinski definition) is 0. The largest absolute Gasteiger partial charge is 0.306 e. The molecule has 1 aliphatic heterocycles. The second-order valence-corrected chi connectivity index (χ2v) is 7.94. The van der Waals surface area contributed by atoms with Crippen LogP contribution < -0.4 is 0 Å². The Balaban J connectivity index is 1.45. The van der Waals surface area contributed by atoms with Crippen LogP contribution in [-0.2, 0) is 6.54 Å². The fourth-order valence-corrected chi connectivity index (χ4v) is 4.10. The van der Waals surface area contributed by atoms with Crippen molar-refractivity contribution in [2.24, 2.45) is 0 Å². The molecule has 140 valence electrons. The maximum Gasteiger partial charge on any atom is 0.137 e. The molecule has 0 spiro atoms. The van der Waals surface area contributed by atoms with Crippen LogP contribution in [0.25, 0.3) is 28.0 Å². The molecule has 5 rings (SSSR count). The number of benzene rings is 2. The van der Waals surface area contributed by atoms with Crippen molar-refractivity contribution in [1.82, 2.24) is 14.3 Å². The van der Waals surface area contributed by atoms with Crippen molar-refractivity contribution in [2.45, 2.75) is 19.4 Å². The van der Waals surface area contributed by atoms with Gasteiger partial charge in [-0.2, -0.15) is 0 Å². The van der Waals surface area contributed by atoms with Crippen LogP contribution in [0.3, 0.4) is 0 Å². The van der Waals surface area contributed by atoms with Gasteiger partial charge in [0.25, 0.3) is 0 Å². The minimum atomic E-state index is 0.739. The zero-order valence-corrected chi connectivity index (χ0v) is 16.4. The monoisotopic (exact) mass is 387 g/mol. The molecule has 0 unspecified atom stereocenters. The second kappa shape index (κ2) is 7.42. The molecule has 0 bridgehead atoms. The first-order valence-electron chi connectivity index (χ1n) is 9.81. The van der Waals surface area contributed by atoms with Gasteiger partial charge in [0, 0.05) is 29.5 Å². The summed E-state index contributed by atoms with van der Waals surface area (Å²) in [7, 11) is 0. The minimum Gasteiger partial charge on any atom is -0.306 e. The van der Waals surface area contributed by atoms with E-state index < -0.39 is 0 Å². The van der Waals surface area contributed by atoms with Crippen LogP contribution in [0.15, 0.2) is 73.1 Å². The number of fused-ring (bicyclic) bond motifs is 1. The molecular weight excluding hydrogens is 366 g/mol. The third-order valence-corrected chi connectivity index (χ3v) is 5.71. The van der Waals surface area contributed by atoms with E-state index in [4.69, 9.17) is 16.6 Å². The van der Waals surface area contributed by atoms with Crippen molar-refractivity contribution >= 4 is 17.2 Å². The molecule has 3 heterocycles. The van der Waals surface area contributed by atoms with Crippen LogP contribution in [0.1, 0.15) is 18.4 Å². The Labute approximate surface area is 170 Å². The maximum absolute atomic E-state index is 6.00. The Morgan fingerprint density at radius 2 is 1.61 bits per heavy atom. The molecule has 4 heteroatoms. The zero-order chi connectivity index (χ0) is 18.9. The summed E-state index contributed by atoms with van der Waals surface area (Å²) < 4.78 is 2.10. The lowest BCUT2D eigenvalue weighted by molar-refractivity contribution is 0.331. The molecule has 2 aromatic heterocycles. The Kier molecular flexibility index (Phi) is 4.63. The predicted molar refractivity (Wildman–Crippen MR) is 116 cm³/mol. The van der Waals surface area contributed by atoms with Crippen molar-refractivity contribution in [3.8, 4) is 22.4 Å². The number of pyridine rings is 1. The summed E-state index contributed by atoms with van der Waals surface area (Å²) in [6.07, 6.45) is 6.90. The van der Waals surface area contributed by atoms with Crippen LogP contribution in [0, 0.1) is 0 Å². The number of rotatable bonds is 4. The lowest BCUT2D eigenvalue weighted by Gasteiger charge is -2.15. The quantitative estimate of drug-likeness (QED) is 0.433. The third kappa shape index (κ3) is 3.56. The van der Waals surface area contributed by atoms with Gasteiger partial charge >= 0.3 is 0 Å².